The molecule has 28 heavy (non-hydrogen) atoms. The zero-order valence-corrected chi connectivity index (χ0v) is 15.9. The van der Waals surface area contributed by atoms with Crippen LogP contribution in [0.4, 0.5) is 5.82 Å². The summed E-state index contributed by atoms with van der Waals surface area (Å²) < 4.78 is 5.33. The van der Waals surface area contributed by atoms with E-state index in [0.717, 1.165) is 24.2 Å². The Morgan fingerprint density at radius 2 is 1.75 bits per heavy atom. The minimum Gasteiger partial charge on any atom is -0.496 e. The molecule has 1 aromatic heterocycles. The Hall–Kier alpha value is -3.41. The molecule has 0 atom stereocenters. The molecule has 1 heterocycles. The number of anilines is 1. The molecule has 0 radical (unpaired) electrons. The minimum atomic E-state index is -0.211. The van der Waals surface area contributed by atoms with Gasteiger partial charge in [-0.25, -0.2) is 0 Å². The molecule has 144 valence electrons. The van der Waals surface area contributed by atoms with Gasteiger partial charge in [0, 0.05) is 18.7 Å². The molecular weight excluding hydrogens is 352 g/mol. The highest BCUT2D eigenvalue weighted by atomic mass is 16.5. The number of hydrogen-bond acceptors (Lipinski definition) is 5. The summed E-state index contributed by atoms with van der Waals surface area (Å²) in [7, 11) is 1.64. The van der Waals surface area contributed by atoms with Gasteiger partial charge in [0.1, 0.15) is 11.6 Å². The van der Waals surface area contributed by atoms with Crippen molar-refractivity contribution >= 4 is 11.7 Å². The quantitative estimate of drug-likeness (QED) is 0.559. The van der Waals surface area contributed by atoms with Crippen molar-refractivity contribution < 1.29 is 9.53 Å². The summed E-state index contributed by atoms with van der Waals surface area (Å²) >= 11 is 0. The lowest BCUT2D eigenvalue weighted by atomic mass is 10.1. The maximum atomic E-state index is 12.2. The van der Waals surface area contributed by atoms with E-state index < -0.39 is 0 Å². The highest BCUT2D eigenvalue weighted by Gasteiger charge is 2.08. The smallest absolute Gasteiger partial charge is 0.271 e. The van der Waals surface area contributed by atoms with Crippen molar-refractivity contribution in [2.75, 3.05) is 19.0 Å². The number of rotatable bonds is 9. The van der Waals surface area contributed by atoms with Crippen LogP contribution < -0.4 is 15.4 Å². The van der Waals surface area contributed by atoms with Gasteiger partial charge < -0.3 is 15.4 Å². The number of para-hydroxylation sites is 1. The molecule has 0 saturated carbocycles. The molecule has 0 aliphatic heterocycles. The number of carbonyl (C=O) groups is 1. The topological polar surface area (TPSA) is 76.1 Å². The predicted octanol–water partition coefficient (Wildman–Crippen LogP) is 3.46. The number of nitrogens with zero attached hydrogens (tertiary/aromatic N) is 2. The second kappa shape index (κ2) is 10.1. The normalized spacial score (nSPS) is 10.3. The number of aryl methyl sites for hydroxylation is 1. The number of hydrogen-bond donors (Lipinski definition) is 2. The minimum absolute atomic E-state index is 0.211. The Morgan fingerprint density at radius 3 is 2.50 bits per heavy atom. The second-order valence-corrected chi connectivity index (χ2v) is 6.31. The van der Waals surface area contributed by atoms with Crippen LogP contribution >= 0.6 is 0 Å². The monoisotopic (exact) mass is 376 g/mol. The van der Waals surface area contributed by atoms with Gasteiger partial charge in [-0.1, -0.05) is 48.5 Å². The molecule has 0 saturated heterocycles. The summed E-state index contributed by atoms with van der Waals surface area (Å²) in [5.74, 6) is 1.21. The van der Waals surface area contributed by atoms with Crippen molar-refractivity contribution in [1.29, 1.82) is 0 Å². The van der Waals surface area contributed by atoms with Crippen LogP contribution in [0, 0.1) is 0 Å². The van der Waals surface area contributed by atoms with Crippen LogP contribution in [0.5, 0.6) is 5.75 Å². The third-order valence-corrected chi connectivity index (χ3v) is 4.32. The lowest BCUT2D eigenvalue weighted by Crippen LogP contribution is -2.26. The van der Waals surface area contributed by atoms with Gasteiger partial charge in [-0.15, -0.1) is 10.2 Å². The van der Waals surface area contributed by atoms with Crippen molar-refractivity contribution in [2.45, 2.75) is 19.4 Å². The molecule has 2 N–H and O–H groups in total. The highest BCUT2D eigenvalue weighted by molar-refractivity contribution is 5.92. The van der Waals surface area contributed by atoms with E-state index in [4.69, 9.17) is 4.74 Å². The Kier molecular flexibility index (Phi) is 6.95. The number of nitrogens with one attached hydrogen (secondary N) is 2. The Balaban J connectivity index is 1.45. The SMILES string of the molecule is COc1ccccc1CNc1ccc(C(=O)NCCCc2ccccc2)nn1. The number of ether oxygens (including phenoxy) is 1. The van der Waals surface area contributed by atoms with Gasteiger partial charge in [0.2, 0.25) is 0 Å². The number of aromatic nitrogens is 2. The van der Waals surface area contributed by atoms with Crippen molar-refractivity contribution in [3.05, 3.63) is 83.6 Å². The lowest BCUT2D eigenvalue weighted by Gasteiger charge is -2.10. The molecule has 0 spiro atoms. The van der Waals surface area contributed by atoms with Gasteiger partial charge in [-0.3, -0.25) is 4.79 Å². The Labute approximate surface area is 165 Å². The molecule has 0 bridgehead atoms. The van der Waals surface area contributed by atoms with E-state index in [9.17, 15) is 4.79 Å². The fourth-order valence-corrected chi connectivity index (χ4v) is 2.81. The van der Waals surface area contributed by atoms with E-state index in [1.807, 2.05) is 42.5 Å². The molecule has 6 nitrogen and oxygen atoms in total. The van der Waals surface area contributed by atoms with E-state index in [-0.39, 0.29) is 5.91 Å². The first-order valence-corrected chi connectivity index (χ1v) is 9.28. The van der Waals surface area contributed by atoms with Crippen molar-refractivity contribution in [3.8, 4) is 5.75 Å². The average Bonchev–Trinajstić information content (AvgIpc) is 2.76. The molecule has 2 aromatic carbocycles. The van der Waals surface area contributed by atoms with Crippen LogP contribution in [0.2, 0.25) is 0 Å². The average molecular weight is 376 g/mol. The van der Waals surface area contributed by atoms with E-state index >= 15 is 0 Å². The van der Waals surface area contributed by atoms with Gasteiger partial charge in [-0.05, 0) is 36.6 Å². The van der Waals surface area contributed by atoms with Crippen LogP contribution in [0.25, 0.3) is 0 Å². The van der Waals surface area contributed by atoms with Crippen LogP contribution in [0.3, 0.4) is 0 Å². The van der Waals surface area contributed by atoms with E-state index in [1.54, 1.807) is 19.2 Å². The third-order valence-electron chi connectivity index (χ3n) is 4.32. The maximum absolute atomic E-state index is 12.2. The summed E-state index contributed by atoms with van der Waals surface area (Å²) in [6.45, 7) is 1.16. The third kappa shape index (κ3) is 5.54. The number of methoxy groups -OCH3 is 1. The van der Waals surface area contributed by atoms with Crippen LogP contribution in [-0.4, -0.2) is 29.8 Å². The first-order chi connectivity index (χ1) is 13.8. The molecule has 6 heteroatoms. The zero-order valence-electron chi connectivity index (χ0n) is 15.9. The largest absolute Gasteiger partial charge is 0.496 e. The standard InChI is InChI=1S/C22H24N4O2/c1-28-20-12-6-5-11-18(20)16-24-21-14-13-19(25-26-21)22(27)23-15-7-10-17-8-3-2-4-9-17/h2-6,8-9,11-14H,7,10,15-16H2,1H3,(H,23,27)(H,24,26). The van der Waals surface area contributed by atoms with Crippen LogP contribution in [-0.2, 0) is 13.0 Å². The molecule has 1 amide bonds. The first-order valence-electron chi connectivity index (χ1n) is 9.28. The summed E-state index contributed by atoms with van der Waals surface area (Å²) in [6, 6.07) is 21.4. The number of benzene rings is 2. The Bertz CT molecular complexity index is 883. The Morgan fingerprint density at radius 1 is 0.964 bits per heavy atom. The first kappa shape index (κ1) is 19.4. The van der Waals surface area contributed by atoms with Gasteiger partial charge in [0.15, 0.2) is 5.69 Å². The van der Waals surface area contributed by atoms with Crippen molar-refractivity contribution in [1.82, 2.24) is 15.5 Å². The molecule has 0 fully saturated rings. The van der Waals surface area contributed by atoms with Gasteiger partial charge >= 0.3 is 0 Å². The number of amides is 1. The highest BCUT2D eigenvalue weighted by Crippen LogP contribution is 2.18. The second-order valence-electron chi connectivity index (χ2n) is 6.31. The van der Waals surface area contributed by atoms with E-state index in [0.29, 0.717) is 24.6 Å². The summed E-state index contributed by atoms with van der Waals surface area (Å²) in [5, 5.41) is 14.2. The van der Waals surface area contributed by atoms with Crippen molar-refractivity contribution in [3.63, 3.8) is 0 Å². The van der Waals surface area contributed by atoms with Gasteiger partial charge in [0.25, 0.3) is 5.91 Å². The van der Waals surface area contributed by atoms with E-state index in [1.165, 1.54) is 5.56 Å². The van der Waals surface area contributed by atoms with Crippen molar-refractivity contribution in [2.24, 2.45) is 0 Å². The summed E-state index contributed by atoms with van der Waals surface area (Å²) in [4.78, 5) is 12.2. The molecule has 0 aliphatic carbocycles. The lowest BCUT2D eigenvalue weighted by molar-refractivity contribution is 0.0947. The molecule has 0 unspecified atom stereocenters. The van der Waals surface area contributed by atoms with E-state index in [2.05, 4.69) is 33.0 Å². The molecule has 3 rings (SSSR count). The van der Waals surface area contributed by atoms with Crippen LogP contribution in [0.1, 0.15) is 28.0 Å². The number of carbonyl (C=O) groups excluding carboxylic acids is 1. The predicted molar refractivity (Wildman–Crippen MR) is 109 cm³/mol. The molecular formula is C22H24N4O2. The van der Waals surface area contributed by atoms with Gasteiger partial charge in [0.05, 0.1) is 7.11 Å². The molecule has 3 aromatic rings. The van der Waals surface area contributed by atoms with Crippen LogP contribution in [0.15, 0.2) is 66.7 Å². The summed E-state index contributed by atoms with van der Waals surface area (Å²) in [6.07, 6.45) is 1.81. The summed E-state index contributed by atoms with van der Waals surface area (Å²) in [5.41, 5.74) is 2.59. The fourth-order valence-electron chi connectivity index (χ4n) is 2.81. The maximum Gasteiger partial charge on any atom is 0.271 e. The zero-order chi connectivity index (χ0) is 19.6. The van der Waals surface area contributed by atoms with Gasteiger partial charge in [-0.2, -0.15) is 0 Å². The molecule has 0 aliphatic rings. The fraction of sp³-hybridized carbons (Fsp3) is 0.227.